The van der Waals surface area contributed by atoms with E-state index in [0.29, 0.717) is 6.54 Å². The fourth-order valence-electron chi connectivity index (χ4n) is 3.71. The fraction of sp³-hybridized carbons (Fsp3) is 0.524. The molecular weight excluding hydrogens is 338 g/mol. The first-order valence-electron chi connectivity index (χ1n) is 9.98. The molecule has 0 amide bonds. The summed E-state index contributed by atoms with van der Waals surface area (Å²) in [4.78, 5) is 4.88. The number of rotatable bonds is 6. The van der Waals surface area contributed by atoms with Crippen molar-refractivity contribution < 1.29 is 4.74 Å². The summed E-state index contributed by atoms with van der Waals surface area (Å²) in [6.07, 6.45) is 2.82. The van der Waals surface area contributed by atoms with E-state index in [2.05, 4.69) is 48.6 Å². The van der Waals surface area contributed by atoms with E-state index in [-0.39, 0.29) is 6.04 Å². The summed E-state index contributed by atoms with van der Waals surface area (Å²) < 4.78 is 7.78. The minimum absolute atomic E-state index is 0.206. The van der Waals surface area contributed by atoms with Crippen LogP contribution in [0.1, 0.15) is 55.7 Å². The first-order chi connectivity index (χ1) is 13.2. The Morgan fingerprint density at radius 3 is 2.81 bits per heavy atom. The molecule has 3 rings (SSSR count). The topological polar surface area (TPSA) is 63.5 Å². The molecule has 6 nitrogen and oxygen atoms in total. The van der Waals surface area contributed by atoms with Crippen LogP contribution >= 0.6 is 0 Å². The van der Waals surface area contributed by atoms with Gasteiger partial charge >= 0.3 is 0 Å². The molecule has 1 atom stereocenters. The van der Waals surface area contributed by atoms with E-state index in [1.54, 1.807) is 0 Å². The summed E-state index contributed by atoms with van der Waals surface area (Å²) in [7, 11) is 2.02. The highest BCUT2D eigenvalue weighted by Crippen LogP contribution is 2.31. The van der Waals surface area contributed by atoms with Crippen LogP contribution in [0.3, 0.4) is 0 Å². The molecule has 2 heterocycles. The van der Waals surface area contributed by atoms with Crippen LogP contribution in [0, 0.1) is 0 Å². The number of aliphatic imine (C=N–C) groups is 1. The second-order valence-corrected chi connectivity index (χ2v) is 6.77. The second-order valence-electron chi connectivity index (χ2n) is 6.77. The number of para-hydroxylation sites is 1. The van der Waals surface area contributed by atoms with E-state index >= 15 is 0 Å². The Morgan fingerprint density at radius 1 is 1.26 bits per heavy atom. The minimum Gasteiger partial charge on any atom is -0.493 e. The Balaban J connectivity index is 1.81. The molecule has 0 saturated heterocycles. The minimum atomic E-state index is 0.206. The maximum absolute atomic E-state index is 5.78. The summed E-state index contributed by atoms with van der Waals surface area (Å²) in [5.74, 6) is 1.80. The number of guanidine groups is 1. The number of aryl methyl sites for hydroxylation is 2. The van der Waals surface area contributed by atoms with E-state index in [0.717, 1.165) is 49.8 Å². The van der Waals surface area contributed by atoms with Gasteiger partial charge in [-0.05, 0) is 25.8 Å². The summed E-state index contributed by atoms with van der Waals surface area (Å²) >= 11 is 0. The van der Waals surface area contributed by atoms with Crippen LogP contribution in [0.2, 0.25) is 0 Å². The molecule has 2 N–H and O–H groups in total. The Bertz CT molecular complexity index is 796. The van der Waals surface area contributed by atoms with Crippen molar-refractivity contribution in [1.29, 1.82) is 0 Å². The molecule has 146 valence electrons. The van der Waals surface area contributed by atoms with E-state index in [1.165, 1.54) is 16.8 Å². The van der Waals surface area contributed by atoms with Crippen LogP contribution in [0.25, 0.3) is 0 Å². The number of hydrogen-bond donors (Lipinski definition) is 2. The van der Waals surface area contributed by atoms with E-state index < -0.39 is 0 Å². The molecular formula is C21H31N5O. The van der Waals surface area contributed by atoms with Gasteiger partial charge < -0.3 is 15.4 Å². The molecule has 0 fully saturated rings. The highest BCUT2D eigenvalue weighted by molar-refractivity contribution is 5.80. The smallest absolute Gasteiger partial charge is 0.192 e. The van der Waals surface area contributed by atoms with Crippen LogP contribution in [0.15, 0.2) is 29.3 Å². The van der Waals surface area contributed by atoms with Gasteiger partial charge in [0.15, 0.2) is 5.96 Å². The number of ether oxygens (including phenoxy) is 1. The molecule has 0 aliphatic carbocycles. The van der Waals surface area contributed by atoms with Crippen molar-refractivity contribution >= 4 is 5.96 Å². The van der Waals surface area contributed by atoms with Crippen molar-refractivity contribution in [3.63, 3.8) is 0 Å². The molecule has 6 heteroatoms. The third-order valence-corrected chi connectivity index (χ3v) is 5.04. The average Bonchev–Trinajstić information content (AvgIpc) is 3.01. The normalized spacial score (nSPS) is 16.6. The second kappa shape index (κ2) is 8.93. The van der Waals surface area contributed by atoms with Gasteiger partial charge in [-0.2, -0.15) is 5.10 Å². The number of hydrogen-bond acceptors (Lipinski definition) is 3. The number of nitrogens with zero attached hydrogens (tertiary/aromatic N) is 3. The Kier molecular flexibility index (Phi) is 6.37. The maximum Gasteiger partial charge on any atom is 0.192 e. The van der Waals surface area contributed by atoms with Gasteiger partial charge in [0.05, 0.1) is 24.9 Å². The van der Waals surface area contributed by atoms with Crippen molar-refractivity contribution in [2.45, 2.75) is 52.6 Å². The number of fused-ring (bicyclic) bond motifs is 1. The van der Waals surface area contributed by atoms with Gasteiger partial charge in [0, 0.05) is 36.8 Å². The lowest BCUT2D eigenvalue weighted by Gasteiger charge is -2.28. The molecule has 1 aliphatic rings. The largest absolute Gasteiger partial charge is 0.493 e. The molecule has 0 bridgehead atoms. The molecule has 1 aliphatic heterocycles. The molecule has 27 heavy (non-hydrogen) atoms. The van der Waals surface area contributed by atoms with Crippen molar-refractivity contribution in [1.82, 2.24) is 20.4 Å². The van der Waals surface area contributed by atoms with Crippen LogP contribution in [0.5, 0.6) is 5.75 Å². The van der Waals surface area contributed by atoms with Crippen molar-refractivity contribution in [2.75, 3.05) is 13.2 Å². The first kappa shape index (κ1) is 19.3. The Labute approximate surface area is 162 Å². The fourth-order valence-corrected chi connectivity index (χ4v) is 3.71. The SMILES string of the molecule is CCNC(=NCc1c(CC)nn(C)c1CC)NC1CCOc2ccccc21. The zero-order chi connectivity index (χ0) is 19.2. The average molecular weight is 370 g/mol. The number of aromatic nitrogens is 2. The van der Waals surface area contributed by atoms with Gasteiger partial charge in [-0.15, -0.1) is 0 Å². The zero-order valence-corrected chi connectivity index (χ0v) is 16.9. The molecule has 0 spiro atoms. The van der Waals surface area contributed by atoms with Gasteiger partial charge in [0.2, 0.25) is 0 Å². The molecule has 1 unspecified atom stereocenters. The summed E-state index contributed by atoms with van der Waals surface area (Å²) in [6.45, 7) is 8.60. The van der Waals surface area contributed by atoms with Gasteiger partial charge in [-0.3, -0.25) is 4.68 Å². The van der Waals surface area contributed by atoms with Gasteiger partial charge in [-0.25, -0.2) is 4.99 Å². The third kappa shape index (κ3) is 4.26. The predicted molar refractivity (Wildman–Crippen MR) is 109 cm³/mol. The lowest BCUT2D eigenvalue weighted by Crippen LogP contribution is -2.41. The standard InChI is InChI=1S/C21H31N5O/c1-5-17-16(19(6-2)26(4)25-17)14-23-21(22-7-3)24-18-12-13-27-20-11-9-8-10-15(18)20/h8-11,18H,5-7,12-14H2,1-4H3,(H2,22,23,24). The third-order valence-electron chi connectivity index (χ3n) is 5.04. The van der Waals surface area contributed by atoms with Gasteiger partial charge in [0.25, 0.3) is 0 Å². The van der Waals surface area contributed by atoms with Crippen molar-refractivity contribution in [3.05, 3.63) is 46.8 Å². The van der Waals surface area contributed by atoms with E-state index in [1.807, 2.05) is 23.9 Å². The molecule has 1 aromatic heterocycles. The highest BCUT2D eigenvalue weighted by atomic mass is 16.5. The monoisotopic (exact) mass is 369 g/mol. The van der Waals surface area contributed by atoms with Gasteiger partial charge in [0.1, 0.15) is 5.75 Å². The van der Waals surface area contributed by atoms with Crippen molar-refractivity contribution in [3.8, 4) is 5.75 Å². The quantitative estimate of drug-likeness (QED) is 0.607. The zero-order valence-electron chi connectivity index (χ0n) is 16.9. The van der Waals surface area contributed by atoms with E-state index in [4.69, 9.17) is 9.73 Å². The van der Waals surface area contributed by atoms with Crippen LogP contribution in [0.4, 0.5) is 0 Å². The van der Waals surface area contributed by atoms with Crippen LogP contribution < -0.4 is 15.4 Å². The highest BCUT2D eigenvalue weighted by Gasteiger charge is 2.22. The molecule has 0 saturated carbocycles. The lowest BCUT2D eigenvalue weighted by atomic mass is 10.0. The lowest BCUT2D eigenvalue weighted by molar-refractivity contribution is 0.261. The Morgan fingerprint density at radius 2 is 2.07 bits per heavy atom. The Hall–Kier alpha value is -2.50. The van der Waals surface area contributed by atoms with Crippen LogP contribution in [-0.4, -0.2) is 28.9 Å². The molecule has 0 radical (unpaired) electrons. The van der Waals surface area contributed by atoms with Gasteiger partial charge in [-0.1, -0.05) is 32.0 Å². The predicted octanol–water partition coefficient (Wildman–Crippen LogP) is 3.12. The summed E-state index contributed by atoms with van der Waals surface area (Å²) in [6, 6.07) is 8.44. The number of benzene rings is 1. The molecule has 2 aromatic rings. The summed E-state index contributed by atoms with van der Waals surface area (Å²) in [5, 5.41) is 11.6. The maximum atomic E-state index is 5.78. The summed E-state index contributed by atoms with van der Waals surface area (Å²) in [5.41, 5.74) is 4.86. The van der Waals surface area contributed by atoms with Crippen LogP contribution in [-0.2, 0) is 26.4 Å². The van der Waals surface area contributed by atoms with Crippen molar-refractivity contribution in [2.24, 2.45) is 12.0 Å². The first-order valence-corrected chi connectivity index (χ1v) is 9.98. The molecule has 1 aromatic carbocycles. The number of nitrogens with one attached hydrogen (secondary N) is 2. The van der Waals surface area contributed by atoms with E-state index in [9.17, 15) is 0 Å².